The van der Waals surface area contributed by atoms with Crippen molar-refractivity contribution in [1.82, 2.24) is 0 Å². The van der Waals surface area contributed by atoms with Gasteiger partial charge in [-0.25, -0.2) is 4.79 Å². The number of ether oxygens (including phenoxy) is 1. The van der Waals surface area contributed by atoms with E-state index in [9.17, 15) is 9.59 Å². The lowest BCUT2D eigenvalue weighted by atomic mass is 10.0. The van der Waals surface area contributed by atoms with Crippen LogP contribution in [0.15, 0.2) is 41.3 Å². The third-order valence-electron chi connectivity index (χ3n) is 4.23. The topological polar surface area (TPSA) is 81.4 Å². The molecule has 2 aromatic rings. The highest BCUT2D eigenvalue weighted by molar-refractivity contribution is 7.98. The second-order valence-corrected chi connectivity index (χ2v) is 7.30. The summed E-state index contributed by atoms with van der Waals surface area (Å²) in [4.78, 5) is 25.3. The van der Waals surface area contributed by atoms with E-state index in [0.717, 1.165) is 16.0 Å². The first-order chi connectivity index (χ1) is 12.5. The Bertz CT molecular complexity index is 857. The van der Waals surface area contributed by atoms with Crippen molar-refractivity contribution in [2.75, 3.05) is 18.2 Å². The molecular weight excluding hydrogens is 372 g/mol. The largest absolute Gasteiger partial charge is 0.462 e. The van der Waals surface area contributed by atoms with E-state index < -0.39 is 6.04 Å². The summed E-state index contributed by atoms with van der Waals surface area (Å²) >= 11 is 7.81. The number of carbonyl (C=O) groups excluding carboxylic acids is 2. The summed E-state index contributed by atoms with van der Waals surface area (Å²) in [6.07, 6.45) is 2.98. The van der Waals surface area contributed by atoms with E-state index >= 15 is 0 Å². The Labute approximate surface area is 161 Å². The fourth-order valence-corrected chi connectivity index (χ4v) is 3.45. The molecule has 0 aliphatic carbocycles. The minimum Gasteiger partial charge on any atom is -0.462 e. The number of hydrogen-bond donors (Lipinski definition) is 2. The Balaban J connectivity index is 1.70. The lowest BCUT2D eigenvalue weighted by molar-refractivity contribution is -0.117. The van der Waals surface area contributed by atoms with E-state index in [2.05, 4.69) is 5.32 Å². The maximum absolute atomic E-state index is 12.4. The van der Waals surface area contributed by atoms with E-state index in [-0.39, 0.29) is 11.9 Å². The van der Waals surface area contributed by atoms with Gasteiger partial charge >= 0.3 is 5.97 Å². The molecule has 3 N–H and O–H groups in total. The Hall–Kier alpha value is -2.02. The molecule has 7 heteroatoms. The summed E-state index contributed by atoms with van der Waals surface area (Å²) in [5.41, 5.74) is 8.81. The number of carbonyl (C=O) groups is 2. The number of thioether (sulfide) groups is 1. The van der Waals surface area contributed by atoms with Crippen molar-refractivity contribution in [2.45, 2.75) is 23.8 Å². The van der Waals surface area contributed by atoms with E-state index in [1.807, 2.05) is 30.5 Å². The predicted molar refractivity (Wildman–Crippen MR) is 104 cm³/mol. The smallest absolute Gasteiger partial charge is 0.338 e. The number of nitrogens with two attached hydrogens (primary N) is 1. The normalized spacial score (nSPS) is 14.3. The summed E-state index contributed by atoms with van der Waals surface area (Å²) in [6, 6.07) is 10.1. The second kappa shape index (κ2) is 8.12. The molecule has 1 amide bonds. The van der Waals surface area contributed by atoms with Crippen LogP contribution in [0.2, 0.25) is 5.02 Å². The molecule has 26 heavy (non-hydrogen) atoms. The van der Waals surface area contributed by atoms with Crippen molar-refractivity contribution in [2.24, 2.45) is 5.73 Å². The van der Waals surface area contributed by atoms with Crippen molar-refractivity contribution < 1.29 is 14.3 Å². The number of hydrogen-bond acceptors (Lipinski definition) is 5. The number of esters is 1. The van der Waals surface area contributed by atoms with Gasteiger partial charge in [-0.3, -0.25) is 4.79 Å². The van der Waals surface area contributed by atoms with Crippen molar-refractivity contribution in [3.63, 3.8) is 0 Å². The average molecular weight is 391 g/mol. The number of nitrogens with one attached hydrogen (secondary N) is 1. The van der Waals surface area contributed by atoms with E-state index in [4.69, 9.17) is 22.1 Å². The van der Waals surface area contributed by atoms with E-state index in [0.29, 0.717) is 35.7 Å². The molecule has 0 radical (unpaired) electrons. The molecular formula is C19H19ClN2O3S. The Morgan fingerprint density at radius 2 is 2.15 bits per heavy atom. The van der Waals surface area contributed by atoms with Crippen molar-refractivity contribution in [3.05, 3.63) is 58.1 Å². The molecule has 0 aromatic heterocycles. The number of fused-ring (bicyclic) bond motifs is 1. The third kappa shape index (κ3) is 4.20. The van der Waals surface area contributed by atoms with Gasteiger partial charge < -0.3 is 15.8 Å². The van der Waals surface area contributed by atoms with Crippen LogP contribution >= 0.6 is 23.4 Å². The number of anilines is 1. The molecule has 3 rings (SSSR count). The summed E-state index contributed by atoms with van der Waals surface area (Å²) in [5, 5.41) is 3.35. The molecule has 1 atom stereocenters. The van der Waals surface area contributed by atoms with Crippen LogP contribution in [0, 0.1) is 0 Å². The fourth-order valence-electron chi connectivity index (χ4n) is 2.79. The molecule has 1 unspecified atom stereocenters. The fraction of sp³-hybridized carbons (Fsp3) is 0.263. The number of amides is 1. The van der Waals surface area contributed by atoms with Gasteiger partial charge in [0.15, 0.2) is 0 Å². The number of benzene rings is 2. The summed E-state index contributed by atoms with van der Waals surface area (Å²) < 4.78 is 5.03. The molecule has 0 bridgehead atoms. The van der Waals surface area contributed by atoms with E-state index in [1.165, 1.54) is 0 Å². The Morgan fingerprint density at radius 3 is 2.92 bits per heavy atom. The number of cyclic esters (lactones) is 1. The lowest BCUT2D eigenvalue weighted by Gasteiger charge is -2.18. The van der Waals surface area contributed by atoms with Gasteiger partial charge in [-0.15, -0.1) is 11.8 Å². The number of halogens is 1. The first-order valence-electron chi connectivity index (χ1n) is 8.17. The summed E-state index contributed by atoms with van der Waals surface area (Å²) in [6.45, 7) is 0.387. The van der Waals surface area contributed by atoms with Gasteiger partial charge in [-0.2, -0.15) is 0 Å². The number of rotatable bonds is 5. The zero-order chi connectivity index (χ0) is 18.7. The molecule has 1 heterocycles. The van der Waals surface area contributed by atoms with Gasteiger partial charge in [0.2, 0.25) is 5.91 Å². The zero-order valence-corrected chi connectivity index (χ0v) is 15.8. The highest BCUT2D eigenvalue weighted by atomic mass is 35.5. The zero-order valence-electron chi connectivity index (χ0n) is 14.3. The molecule has 0 saturated carbocycles. The molecule has 1 aliphatic heterocycles. The average Bonchev–Trinajstić information content (AvgIpc) is 2.64. The van der Waals surface area contributed by atoms with Crippen LogP contribution < -0.4 is 11.1 Å². The van der Waals surface area contributed by atoms with Crippen molar-refractivity contribution >= 4 is 40.9 Å². The lowest BCUT2D eigenvalue weighted by Crippen LogP contribution is -2.37. The molecule has 0 spiro atoms. The van der Waals surface area contributed by atoms with Crippen LogP contribution in [0.1, 0.15) is 21.5 Å². The monoisotopic (exact) mass is 390 g/mol. The quantitative estimate of drug-likeness (QED) is 0.604. The SMILES string of the molecule is CSc1ccc(Cl)c(CC(N)C(=O)Nc2ccc3c(c2)C(=O)OCC3)c1. The van der Waals surface area contributed by atoms with Crippen molar-refractivity contribution in [1.29, 1.82) is 0 Å². The maximum atomic E-state index is 12.4. The first kappa shape index (κ1) is 18.8. The second-order valence-electron chi connectivity index (χ2n) is 6.02. The third-order valence-corrected chi connectivity index (χ3v) is 5.33. The van der Waals surface area contributed by atoms with Crippen LogP contribution in [-0.2, 0) is 22.4 Å². The molecule has 2 aromatic carbocycles. The first-order valence-corrected chi connectivity index (χ1v) is 9.77. The summed E-state index contributed by atoms with van der Waals surface area (Å²) in [5.74, 6) is -0.702. The molecule has 1 aliphatic rings. The van der Waals surface area contributed by atoms with Crippen LogP contribution in [0.25, 0.3) is 0 Å². The molecule has 136 valence electrons. The van der Waals surface area contributed by atoms with E-state index in [1.54, 1.807) is 23.9 Å². The van der Waals surface area contributed by atoms with Gasteiger partial charge in [0.1, 0.15) is 0 Å². The Morgan fingerprint density at radius 1 is 1.35 bits per heavy atom. The molecule has 0 fully saturated rings. The van der Waals surface area contributed by atoms with Crippen LogP contribution in [0.3, 0.4) is 0 Å². The predicted octanol–water partition coefficient (Wildman–Crippen LogP) is 3.28. The molecule has 0 saturated heterocycles. The van der Waals surface area contributed by atoms with Gasteiger partial charge in [-0.1, -0.05) is 17.7 Å². The maximum Gasteiger partial charge on any atom is 0.338 e. The summed E-state index contributed by atoms with van der Waals surface area (Å²) in [7, 11) is 0. The van der Waals surface area contributed by atoms with Gasteiger partial charge in [0.05, 0.1) is 18.2 Å². The van der Waals surface area contributed by atoms with Crippen LogP contribution in [0.4, 0.5) is 5.69 Å². The standard InChI is InChI=1S/C19H19ClN2O3S/c1-26-14-4-5-16(20)12(8-14)9-17(21)18(23)22-13-3-2-11-6-7-25-19(24)15(11)10-13/h2-5,8,10,17H,6-7,9,21H2,1H3,(H,22,23). The van der Waals surface area contributed by atoms with Gasteiger partial charge in [0.25, 0.3) is 0 Å². The minimum absolute atomic E-state index is 0.325. The van der Waals surface area contributed by atoms with Crippen LogP contribution in [-0.4, -0.2) is 30.8 Å². The van der Waals surface area contributed by atoms with Crippen LogP contribution in [0.5, 0.6) is 0 Å². The van der Waals surface area contributed by atoms with Crippen molar-refractivity contribution in [3.8, 4) is 0 Å². The highest BCUT2D eigenvalue weighted by Gasteiger charge is 2.21. The highest BCUT2D eigenvalue weighted by Crippen LogP contribution is 2.25. The van der Waals surface area contributed by atoms with Gasteiger partial charge in [0, 0.05) is 22.0 Å². The van der Waals surface area contributed by atoms with Gasteiger partial charge in [-0.05, 0) is 54.1 Å². The molecule has 5 nitrogen and oxygen atoms in total. The minimum atomic E-state index is -0.757. The Kier molecular flexibility index (Phi) is 5.86.